The number of nitrogen functional groups attached to an aromatic ring is 1. The lowest BCUT2D eigenvalue weighted by molar-refractivity contribution is -0.138. The summed E-state index contributed by atoms with van der Waals surface area (Å²) in [6.07, 6.45) is -1.72. The summed E-state index contributed by atoms with van der Waals surface area (Å²) in [6, 6.07) is 6.03. The van der Waals surface area contributed by atoms with E-state index in [-0.39, 0.29) is 37.5 Å². The molecular weight excluding hydrogens is 457 g/mol. The normalized spacial score (nSPS) is 15.4. The monoisotopic (exact) mass is 476 g/mol. The topological polar surface area (TPSA) is 77.0 Å². The quantitative estimate of drug-likeness (QED) is 0.447. The summed E-state index contributed by atoms with van der Waals surface area (Å²) in [6.45, 7) is 0.682. The van der Waals surface area contributed by atoms with Gasteiger partial charge < -0.3 is 10.6 Å². The number of fused-ring (bicyclic) bond motifs is 1. The van der Waals surface area contributed by atoms with Gasteiger partial charge in [-0.1, -0.05) is 11.8 Å². The zero-order chi connectivity index (χ0) is 23.0. The first kappa shape index (κ1) is 24.1. The highest BCUT2D eigenvalue weighted by atomic mass is 32.1. The van der Waals surface area contributed by atoms with Crippen LogP contribution in [-0.2, 0) is 12.9 Å². The van der Waals surface area contributed by atoms with E-state index in [9.17, 15) is 22.4 Å². The van der Waals surface area contributed by atoms with Crippen LogP contribution in [0.1, 0.15) is 45.7 Å². The van der Waals surface area contributed by atoms with E-state index in [1.807, 2.05) is 6.92 Å². The number of rotatable bonds is 2. The fraction of sp³-hybridized carbons (Fsp3) is 0.227. The highest BCUT2D eigenvalue weighted by molar-refractivity contribution is 7.59. The Hall–Kier alpha value is -3.52. The minimum absolute atomic E-state index is 0. The molecule has 1 amide bonds. The van der Waals surface area contributed by atoms with Crippen LogP contribution in [0, 0.1) is 11.8 Å². The van der Waals surface area contributed by atoms with E-state index in [1.165, 1.54) is 28.0 Å². The summed E-state index contributed by atoms with van der Waals surface area (Å²) >= 11 is 0. The van der Waals surface area contributed by atoms with Crippen molar-refractivity contribution < 1.29 is 22.4 Å². The Balaban J connectivity index is 0.00000306. The van der Waals surface area contributed by atoms with E-state index < -0.39 is 29.9 Å². The maximum absolute atomic E-state index is 13.3. The van der Waals surface area contributed by atoms with Crippen molar-refractivity contribution in [3.05, 3.63) is 70.7 Å². The number of nitrogens with two attached hydrogens (primary N) is 1. The number of aromatic nitrogens is 3. The van der Waals surface area contributed by atoms with Crippen LogP contribution in [0.5, 0.6) is 0 Å². The van der Waals surface area contributed by atoms with Crippen molar-refractivity contribution in [1.82, 2.24) is 14.8 Å². The zero-order valence-electron chi connectivity index (χ0n) is 17.3. The van der Waals surface area contributed by atoms with Crippen molar-refractivity contribution in [3.63, 3.8) is 0 Å². The number of halogens is 4. The molecule has 0 radical (unpaired) electrons. The van der Waals surface area contributed by atoms with Crippen LogP contribution in [0.2, 0.25) is 0 Å². The third kappa shape index (κ3) is 4.66. The molecule has 0 spiro atoms. The van der Waals surface area contributed by atoms with Crippen LogP contribution in [0.4, 0.5) is 29.1 Å². The number of anilines is 2. The molecule has 2 aromatic heterocycles. The molecule has 1 aliphatic rings. The molecule has 1 atom stereocenters. The van der Waals surface area contributed by atoms with Gasteiger partial charge in [0.1, 0.15) is 18.2 Å². The van der Waals surface area contributed by atoms with Crippen LogP contribution in [0.25, 0.3) is 0 Å². The van der Waals surface area contributed by atoms with Crippen LogP contribution >= 0.6 is 13.5 Å². The van der Waals surface area contributed by atoms with Gasteiger partial charge in [-0.05, 0) is 42.8 Å². The lowest BCUT2D eigenvalue weighted by Gasteiger charge is -2.32. The van der Waals surface area contributed by atoms with Gasteiger partial charge in [0.15, 0.2) is 0 Å². The van der Waals surface area contributed by atoms with E-state index >= 15 is 0 Å². The van der Waals surface area contributed by atoms with Crippen LogP contribution in [-0.4, -0.2) is 27.2 Å². The second-order valence-corrected chi connectivity index (χ2v) is 7.31. The SMILES string of the molecule is C[C@H]1CN(c2ccc(C(F)(F)F)c(C[18F])c2)C(=O)c2c(C#Cc3ccc(N)nc3)cnn21.S. The predicted octanol–water partition coefficient (Wildman–Crippen LogP) is 4.08. The summed E-state index contributed by atoms with van der Waals surface area (Å²) in [4.78, 5) is 18.5. The molecule has 0 unspecified atom stereocenters. The predicted molar refractivity (Wildman–Crippen MR) is 120 cm³/mol. The van der Waals surface area contributed by atoms with E-state index in [1.54, 1.807) is 12.1 Å². The number of pyridine rings is 1. The molecule has 1 aliphatic heterocycles. The lowest BCUT2D eigenvalue weighted by atomic mass is 10.0. The van der Waals surface area contributed by atoms with Gasteiger partial charge in [0.2, 0.25) is 0 Å². The molecule has 4 rings (SSSR count). The van der Waals surface area contributed by atoms with Gasteiger partial charge in [0, 0.05) is 24.0 Å². The summed E-state index contributed by atoms with van der Waals surface area (Å²) < 4.78 is 54.2. The number of carbonyl (C=O) groups is 1. The van der Waals surface area contributed by atoms with Gasteiger partial charge >= 0.3 is 6.18 Å². The number of hydrogen-bond acceptors (Lipinski definition) is 4. The van der Waals surface area contributed by atoms with E-state index in [0.717, 1.165) is 12.1 Å². The van der Waals surface area contributed by atoms with Crippen LogP contribution in [0.3, 0.4) is 0 Å². The van der Waals surface area contributed by atoms with Crippen LogP contribution < -0.4 is 10.6 Å². The van der Waals surface area contributed by atoms with Crippen molar-refractivity contribution in [3.8, 4) is 11.8 Å². The van der Waals surface area contributed by atoms with Gasteiger partial charge in [-0.25, -0.2) is 9.37 Å². The van der Waals surface area contributed by atoms with Crippen LogP contribution in [0.15, 0.2) is 42.7 Å². The Morgan fingerprint density at radius 3 is 2.58 bits per heavy atom. The molecule has 0 fully saturated rings. The largest absolute Gasteiger partial charge is 0.416 e. The average molecular weight is 476 g/mol. The standard InChI is InChI=1S/C22H17F4N5O.H2S/c1-13-12-30(17-5-6-18(22(24,25)26)16(8-17)9-23)21(32)20-15(11-29-31(13)20)4-2-14-3-7-19(27)28-10-14;/h3,5-8,10-11,13H,9,12H2,1H3,(H2,27,28);1H2/t13-;/m0./s1/i23-1;. The number of benzene rings is 1. The molecule has 3 aromatic rings. The van der Waals surface area contributed by atoms with E-state index in [4.69, 9.17) is 5.73 Å². The molecule has 0 saturated carbocycles. The van der Waals surface area contributed by atoms with E-state index in [2.05, 4.69) is 21.9 Å². The Morgan fingerprint density at radius 1 is 1.18 bits per heavy atom. The third-order valence-corrected chi connectivity index (χ3v) is 5.09. The maximum Gasteiger partial charge on any atom is 0.416 e. The van der Waals surface area contributed by atoms with Crippen molar-refractivity contribution in [1.29, 1.82) is 0 Å². The third-order valence-electron chi connectivity index (χ3n) is 5.09. The summed E-state index contributed by atoms with van der Waals surface area (Å²) in [5.74, 6) is 5.65. The Kier molecular flexibility index (Phi) is 6.69. The first-order chi connectivity index (χ1) is 15.2. The number of hydrogen-bond donors (Lipinski definition) is 1. The molecule has 0 bridgehead atoms. The first-order valence-electron chi connectivity index (χ1n) is 9.58. The Bertz CT molecular complexity index is 1240. The number of alkyl halides is 4. The van der Waals surface area contributed by atoms with Crippen molar-refractivity contribution >= 4 is 30.9 Å². The van der Waals surface area contributed by atoms with Crippen molar-refractivity contribution in [2.24, 2.45) is 0 Å². The zero-order valence-corrected chi connectivity index (χ0v) is 18.3. The van der Waals surface area contributed by atoms with Crippen molar-refractivity contribution in [2.45, 2.75) is 25.8 Å². The molecule has 6 nitrogen and oxygen atoms in total. The maximum atomic E-state index is 13.3. The molecule has 0 aliphatic carbocycles. The highest BCUT2D eigenvalue weighted by Crippen LogP contribution is 2.36. The molecule has 0 saturated heterocycles. The van der Waals surface area contributed by atoms with Gasteiger partial charge in [0.05, 0.1) is 23.4 Å². The summed E-state index contributed by atoms with van der Waals surface area (Å²) in [5, 5.41) is 4.25. The minimum atomic E-state index is -4.68. The van der Waals surface area contributed by atoms with Gasteiger partial charge in [-0.15, -0.1) is 0 Å². The summed E-state index contributed by atoms with van der Waals surface area (Å²) in [7, 11) is 0. The Morgan fingerprint density at radius 2 is 1.94 bits per heavy atom. The lowest BCUT2D eigenvalue weighted by Crippen LogP contribution is -2.43. The number of nitrogens with zero attached hydrogens (tertiary/aromatic N) is 4. The molecule has 11 heteroatoms. The van der Waals surface area contributed by atoms with Gasteiger partial charge in [-0.2, -0.15) is 31.8 Å². The second kappa shape index (κ2) is 9.15. The second-order valence-electron chi connectivity index (χ2n) is 7.31. The fourth-order valence-corrected chi connectivity index (χ4v) is 3.53. The summed E-state index contributed by atoms with van der Waals surface area (Å²) in [5.41, 5.74) is 5.31. The molecular formula is C22H19F4N5OS. The molecule has 2 N–H and O–H groups in total. The molecule has 172 valence electrons. The Labute approximate surface area is 193 Å². The minimum Gasteiger partial charge on any atom is -0.384 e. The molecule has 3 heterocycles. The van der Waals surface area contributed by atoms with E-state index in [0.29, 0.717) is 16.9 Å². The smallest absolute Gasteiger partial charge is 0.384 e. The van der Waals surface area contributed by atoms with Crippen molar-refractivity contribution in [2.75, 3.05) is 17.2 Å². The molecule has 1 aromatic carbocycles. The average Bonchev–Trinajstić information content (AvgIpc) is 3.20. The number of amides is 1. The molecule has 33 heavy (non-hydrogen) atoms. The first-order valence-corrected chi connectivity index (χ1v) is 9.58. The van der Waals surface area contributed by atoms with Gasteiger partial charge in [-0.3, -0.25) is 9.48 Å². The van der Waals surface area contributed by atoms with Gasteiger partial charge in [0.25, 0.3) is 5.91 Å². The fourth-order valence-electron chi connectivity index (χ4n) is 3.53. The highest BCUT2D eigenvalue weighted by Gasteiger charge is 2.36. The number of carbonyl (C=O) groups excluding carboxylic acids is 1.